The zero-order valence-electron chi connectivity index (χ0n) is 14.9. The topological polar surface area (TPSA) is 84.9 Å². The third-order valence-electron chi connectivity index (χ3n) is 3.37. The Labute approximate surface area is 161 Å². The number of esters is 1. The Morgan fingerprint density at radius 2 is 1.67 bits per heavy atom. The standard InChI is InChI=1S/C19H19ClN2O5/c1-22(2)19(25)13-7-9-14(10-8-13)21-17(23)11-27-18(24)12-26-16-6-4-3-5-15(16)20/h3-10H,11-12H2,1-2H3,(H,21,23). The van der Waals surface area contributed by atoms with Crippen LogP contribution in [0.4, 0.5) is 5.69 Å². The summed E-state index contributed by atoms with van der Waals surface area (Å²) in [7, 11) is 3.31. The Balaban J connectivity index is 1.76. The number of anilines is 1. The summed E-state index contributed by atoms with van der Waals surface area (Å²) in [6.07, 6.45) is 0. The molecule has 0 aliphatic rings. The highest BCUT2D eigenvalue weighted by atomic mass is 35.5. The molecule has 27 heavy (non-hydrogen) atoms. The van der Waals surface area contributed by atoms with Gasteiger partial charge in [-0.05, 0) is 36.4 Å². The van der Waals surface area contributed by atoms with Crippen molar-refractivity contribution in [1.82, 2.24) is 4.90 Å². The van der Waals surface area contributed by atoms with Crippen molar-refractivity contribution >= 4 is 35.1 Å². The molecular weight excluding hydrogens is 372 g/mol. The molecule has 0 bridgehead atoms. The summed E-state index contributed by atoms with van der Waals surface area (Å²) in [6, 6.07) is 13.1. The molecule has 0 heterocycles. The summed E-state index contributed by atoms with van der Waals surface area (Å²) in [5.41, 5.74) is 0.986. The fraction of sp³-hybridized carbons (Fsp3) is 0.211. The van der Waals surface area contributed by atoms with Crippen LogP contribution in [0, 0.1) is 0 Å². The second-order valence-electron chi connectivity index (χ2n) is 5.70. The number of halogens is 1. The molecule has 142 valence electrons. The first kappa shape index (κ1) is 20.3. The molecule has 0 spiro atoms. The Kier molecular flexibility index (Phi) is 7.19. The second-order valence-corrected chi connectivity index (χ2v) is 6.11. The molecule has 0 saturated carbocycles. The van der Waals surface area contributed by atoms with Crippen LogP contribution in [0.1, 0.15) is 10.4 Å². The molecule has 7 nitrogen and oxygen atoms in total. The smallest absolute Gasteiger partial charge is 0.344 e. The molecule has 0 aromatic heterocycles. The van der Waals surface area contributed by atoms with E-state index in [0.29, 0.717) is 22.0 Å². The fourth-order valence-electron chi connectivity index (χ4n) is 2.04. The van der Waals surface area contributed by atoms with Gasteiger partial charge in [0.05, 0.1) is 5.02 Å². The zero-order chi connectivity index (χ0) is 19.8. The lowest BCUT2D eigenvalue weighted by atomic mass is 10.2. The third-order valence-corrected chi connectivity index (χ3v) is 3.68. The molecule has 0 fully saturated rings. The molecule has 0 unspecified atom stereocenters. The molecule has 0 aliphatic heterocycles. The van der Waals surface area contributed by atoms with Crippen molar-refractivity contribution in [3.05, 3.63) is 59.1 Å². The van der Waals surface area contributed by atoms with Gasteiger partial charge in [-0.1, -0.05) is 23.7 Å². The van der Waals surface area contributed by atoms with Crippen molar-refractivity contribution in [1.29, 1.82) is 0 Å². The van der Waals surface area contributed by atoms with E-state index in [-0.39, 0.29) is 12.5 Å². The zero-order valence-corrected chi connectivity index (χ0v) is 15.7. The van der Waals surface area contributed by atoms with E-state index in [0.717, 1.165) is 0 Å². The number of benzene rings is 2. The predicted molar refractivity (Wildman–Crippen MR) is 101 cm³/mol. The van der Waals surface area contributed by atoms with Gasteiger partial charge in [0.15, 0.2) is 13.2 Å². The Morgan fingerprint density at radius 3 is 2.30 bits per heavy atom. The molecule has 2 amide bonds. The van der Waals surface area contributed by atoms with Crippen LogP contribution in [-0.2, 0) is 14.3 Å². The Bertz CT molecular complexity index is 821. The first-order valence-corrected chi connectivity index (χ1v) is 8.39. The van der Waals surface area contributed by atoms with Crippen molar-refractivity contribution in [3.8, 4) is 5.75 Å². The molecule has 2 aromatic carbocycles. The van der Waals surface area contributed by atoms with Gasteiger partial charge in [-0.15, -0.1) is 0 Å². The van der Waals surface area contributed by atoms with Gasteiger partial charge in [-0.3, -0.25) is 9.59 Å². The summed E-state index contributed by atoms with van der Waals surface area (Å²) in [6.45, 7) is -0.818. The quantitative estimate of drug-likeness (QED) is 0.734. The van der Waals surface area contributed by atoms with E-state index in [2.05, 4.69) is 5.32 Å². The van der Waals surface area contributed by atoms with Crippen molar-refractivity contribution in [2.75, 3.05) is 32.6 Å². The minimum atomic E-state index is -0.697. The normalized spacial score (nSPS) is 10.0. The molecular formula is C19H19ClN2O5. The number of rotatable bonds is 7. The van der Waals surface area contributed by atoms with Gasteiger partial charge in [-0.2, -0.15) is 0 Å². The first-order valence-electron chi connectivity index (χ1n) is 8.01. The highest BCUT2D eigenvalue weighted by Gasteiger charge is 2.11. The van der Waals surface area contributed by atoms with Gasteiger partial charge in [-0.25, -0.2) is 4.79 Å². The van der Waals surface area contributed by atoms with Crippen molar-refractivity contribution in [2.24, 2.45) is 0 Å². The van der Waals surface area contributed by atoms with E-state index >= 15 is 0 Å². The Hall–Kier alpha value is -3.06. The van der Waals surface area contributed by atoms with Crippen LogP contribution in [0.2, 0.25) is 5.02 Å². The molecule has 1 N–H and O–H groups in total. The molecule has 2 rings (SSSR count). The maximum Gasteiger partial charge on any atom is 0.344 e. The van der Waals surface area contributed by atoms with E-state index in [1.165, 1.54) is 4.90 Å². The van der Waals surface area contributed by atoms with Gasteiger partial charge in [0, 0.05) is 25.3 Å². The number of nitrogens with zero attached hydrogens (tertiary/aromatic N) is 1. The number of ether oxygens (including phenoxy) is 2. The molecule has 0 atom stereocenters. The van der Waals surface area contributed by atoms with E-state index in [1.807, 2.05) is 0 Å². The molecule has 8 heteroatoms. The first-order chi connectivity index (χ1) is 12.9. The van der Waals surface area contributed by atoms with Crippen molar-refractivity contribution in [3.63, 3.8) is 0 Å². The predicted octanol–water partition coefficient (Wildman–Crippen LogP) is 2.60. The third kappa shape index (κ3) is 6.31. The molecule has 0 saturated heterocycles. The SMILES string of the molecule is CN(C)C(=O)c1ccc(NC(=O)COC(=O)COc2ccccc2Cl)cc1. The number of para-hydroxylation sites is 1. The highest BCUT2D eigenvalue weighted by Crippen LogP contribution is 2.22. The number of hydrogen-bond donors (Lipinski definition) is 1. The van der Waals surface area contributed by atoms with E-state index in [1.54, 1.807) is 62.6 Å². The number of amides is 2. The summed E-state index contributed by atoms with van der Waals surface area (Å²) >= 11 is 5.91. The van der Waals surface area contributed by atoms with Gasteiger partial charge >= 0.3 is 5.97 Å². The minimum Gasteiger partial charge on any atom is -0.480 e. The van der Waals surface area contributed by atoms with E-state index in [4.69, 9.17) is 21.1 Å². The monoisotopic (exact) mass is 390 g/mol. The highest BCUT2D eigenvalue weighted by molar-refractivity contribution is 6.32. The summed E-state index contributed by atoms with van der Waals surface area (Å²) in [4.78, 5) is 36.8. The van der Waals surface area contributed by atoms with Gasteiger partial charge in [0.1, 0.15) is 5.75 Å². The van der Waals surface area contributed by atoms with E-state index < -0.39 is 18.5 Å². The molecule has 0 radical (unpaired) electrons. The number of carbonyl (C=O) groups is 3. The lowest BCUT2D eigenvalue weighted by Crippen LogP contribution is -2.24. The van der Waals surface area contributed by atoms with Gasteiger partial charge < -0.3 is 19.7 Å². The Morgan fingerprint density at radius 1 is 1.00 bits per heavy atom. The van der Waals surface area contributed by atoms with Gasteiger partial charge in [0.2, 0.25) is 0 Å². The largest absolute Gasteiger partial charge is 0.480 e. The van der Waals surface area contributed by atoms with Crippen LogP contribution < -0.4 is 10.1 Å². The lowest BCUT2D eigenvalue weighted by molar-refractivity contribution is -0.149. The van der Waals surface area contributed by atoms with Gasteiger partial charge in [0.25, 0.3) is 11.8 Å². The van der Waals surface area contributed by atoms with Crippen molar-refractivity contribution < 1.29 is 23.9 Å². The molecule has 2 aromatic rings. The van der Waals surface area contributed by atoms with Crippen LogP contribution in [0.25, 0.3) is 0 Å². The summed E-state index contributed by atoms with van der Waals surface area (Å²) in [5, 5.41) is 2.95. The summed E-state index contributed by atoms with van der Waals surface area (Å²) < 4.78 is 10.1. The average Bonchev–Trinajstić information content (AvgIpc) is 2.65. The lowest BCUT2D eigenvalue weighted by Gasteiger charge is -2.11. The average molecular weight is 391 g/mol. The van der Waals surface area contributed by atoms with Crippen LogP contribution in [-0.4, -0.2) is 50.0 Å². The second kappa shape index (κ2) is 9.59. The maximum absolute atomic E-state index is 11.8. The fourth-order valence-corrected chi connectivity index (χ4v) is 2.23. The maximum atomic E-state index is 11.8. The number of carbonyl (C=O) groups excluding carboxylic acids is 3. The van der Waals surface area contributed by atoms with Crippen LogP contribution in [0.5, 0.6) is 5.75 Å². The van der Waals surface area contributed by atoms with Crippen molar-refractivity contribution in [2.45, 2.75) is 0 Å². The number of hydrogen-bond acceptors (Lipinski definition) is 5. The minimum absolute atomic E-state index is 0.139. The number of nitrogens with one attached hydrogen (secondary N) is 1. The summed E-state index contributed by atoms with van der Waals surface area (Å²) in [5.74, 6) is -0.988. The molecule has 0 aliphatic carbocycles. The van der Waals surface area contributed by atoms with E-state index in [9.17, 15) is 14.4 Å². The van der Waals surface area contributed by atoms with Crippen LogP contribution in [0.15, 0.2) is 48.5 Å². The van der Waals surface area contributed by atoms with Crippen LogP contribution in [0.3, 0.4) is 0 Å². The van der Waals surface area contributed by atoms with Crippen LogP contribution >= 0.6 is 11.6 Å².